The first-order chi connectivity index (χ1) is 14.5. The molecule has 0 radical (unpaired) electrons. The molecule has 6 nitrogen and oxygen atoms in total. The van der Waals surface area contributed by atoms with E-state index in [0.29, 0.717) is 18.9 Å². The van der Waals surface area contributed by atoms with Crippen LogP contribution in [-0.2, 0) is 25.6 Å². The zero-order valence-corrected chi connectivity index (χ0v) is 20.0. The number of furan rings is 1. The van der Waals surface area contributed by atoms with E-state index in [1.165, 1.54) is 11.8 Å². The minimum absolute atomic E-state index is 0.194. The van der Waals surface area contributed by atoms with Gasteiger partial charge in [0.1, 0.15) is 16.1 Å². The molecular weight excluding hydrogens is 414 g/mol. The summed E-state index contributed by atoms with van der Waals surface area (Å²) in [5, 5.41) is 3.36. The van der Waals surface area contributed by atoms with E-state index in [2.05, 4.69) is 5.32 Å². The summed E-state index contributed by atoms with van der Waals surface area (Å²) >= 11 is 1.47. The van der Waals surface area contributed by atoms with Crippen molar-refractivity contribution in [1.82, 2.24) is 5.32 Å². The van der Waals surface area contributed by atoms with E-state index in [4.69, 9.17) is 13.9 Å². The lowest BCUT2D eigenvalue weighted by Gasteiger charge is -2.28. The molecule has 0 aliphatic heterocycles. The van der Waals surface area contributed by atoms with Crippen LogP contribution in [0.15, 0.2) is 52.0 Å². The maximum Gasteiger partial charge on any atom is 0.322 e. The van der Waals surface area contributed by atoms with Crippen LogP contribution in [-0.4, -0.2) is 28.9 Å². The highest BCUT2D eigenvalue weighted by Crippen LogP contribution is 2.34. The largest absolute Gasteiger partial charge is 0.468 e. The molecule has 1 aromatic carbocycles. The van der Waals surface area contributed by atoms with Gasteiger partial charge in [-0.25, -0.2) is 0 Å². The van der Waals surface area contributed by atoms with E-state index in [1.54, 1.807) is 19.3 Å². The third-order valence-corrected chi connectivity index (χ3v) is 5.49. The third kappa shape index (κ3) is 8.42. The molecule has 2 aromatic rings. The molecular formula is C24H33NO5S. The fraction of sp³-hybridized carbons (Fsp3) is 0.500. The van der Waals surface area contributed by atoms with Gasteiger partial charge >= 0.3 is 11.9 Å². The van der Waals surface area contributed by atoms with Gasteiger partial charge in [-0.15, -0.1) is 11.8 Å². The van der Waals surface area contributed by atoms with Crippen molar-refractivity contribution < 1.29 is 23.5 Å². The van der Waals surface area contributed by atoms with Gasteiger partial charge in [0.25, 0.3) is 0 Å². The lowest BCUT2D eigenvalue weighted by Crippen LogP contribution is -2.36. The van der Waals surface area contributed by atoms with Gasteiger partial charge in [0.15, 0.2) is 0 Å². The molecule has 0 aliphatic rings. The van der Waals surface area contributed by atoms with Crippen LogP contribution in [0.2, 0.25) is 0 Å². The highest BCUT2D eigenvalue weighted by atomic mass is 32.2. The minimum atomic E-state index is -0.697. The number of thioether (sulfide) groups is 1. The molecule has 2 rings (SSSR count). The van der Waals surface area contributed by atoms with E-state index >= 15 is 0 Å². The number of benzene rings is 1. The molecule has 0 amide bonds. The van der Waals surface area contributed by atoms with Crippen LogP contribution < -0.4 is 5.32 Å². The van der Waals surface area contributed by atoms with Crippen molar-refractivity contribution >= 4 is 23.7 Å². The Morgan fingerprint density at radius 2 is 1.77 bits per heavy atom. The van der Waals surface area contributed by atoms with Crippen molar-refractivity contribution in [2.75, 3.05) is 6.61 Å². The molecule has 0 saturated heterocycles. The van der Waals surface area contributed by atoms with Gasteiger partial charge in [0.2, 0.25) is 0 Å². The minimum Gasteiger partial charge on any atom is -0.468 e. The molecule has 0 fully saturated rings. The lowest BCUT2D eigenvalue weighted by molar-refractivity contribution is -0.156. The Morgan fingerprint density at radius 1 is 1.10 bits per heavy atom. The lowest BCUT2D eigenvalue weighted by atomic mass is 10.1. The fourth-order valence-electron chi connectivity index (χ4n) is 2.80. The molecule has 7 heteroatoms. The van der Waals surface area contributed by atoms with E-state index in [-0.39, 0.29) is 24.4 Å². The van der Waals surface area contributed by atoms with Gasteiger partial charge in [0.05, 0.1) is 25.3 Å². The van der Waals surface area contributed by atoms with Crippen LogP contribution in [0.1, 0.15) is 65.3 Å². The van der Waals surface area contributed by atoms with E-state index in [9.17, 15) is 9.59 Å². The van der Waals surface area contributed by atoms with Crippen molar-refractivity contribution in [1.29, 1.82) is 0 Å². The van der Waals surface area contributed by atoms with Crippen LogP contribution in [0.3, 0.4) is 0 Å². The normalized spacial score (nSPS) is 13.0. The van der Waals surface area contributed by atoms with Crippen LogP contribution in [0.5, 0.6) is 0 Å². The first-order valence-corrected chi connectivity index (χ1v) is 11.3. The average molecular weight is 448 g/mol. The molecule has 0 aliphatic carbocycles. The second-order valence-corrected chi connectivity index (χ2v) is 10.4. The van der Waals surface area contributed by atoms with Gasteiger partial charge in [-0.3, -0.25) is 9.59 Å². The third-order valence-electron chi connectivity index (χ3n) is 4.30. The summed E-state index contributed by atoms with van der Waals surface area (Å²) in [6.07, 6.45) is 1.78. The van der Waals surface area contributed by atoms with Crippen molar-refractivity contribution in [3.63, 3.8) is 0 Å². The maximum absolute atomic E-state index is 12.5. The number of ether oxygens (including phenoxy) is 2. The predicted octanol–water partition coefficient (Wildman–Crippen LogP) is 5.28. The Bertz CT molecular complexity index is 838. The molecule has 31 heavy (non-hydrogen) atoms. The summed E-state index contributed by atoms with van der Waals surface area (Å²) in [6, 6.07) is 11.4. The molecule has 1 atom stereocenters. The molecule has 170 valence electrons. The molecule has 0 spiro atoms. The van der Waals surface area contributed by atoms with Gasteiger partial charge < -0.3 is 19.2 Å². The number of hydrogen-bond donors (Lipinski definition) is 1. The quantitative estimate of drug-likeness (QED) is 0.392. The number of esters is 2. The highest BCUT2D eigenvalue weighted by molar-refractivity contribution is 8.01. The van der Waals surface area contributed by atoms with Gasteiger partial charge in [-0.2, -0.15) is 0 Å². The van der Waals surface area contributed by atoms with E-state index in [1.807, 2.05) is 65.0 Å². The Kier molecular flexibility index (Phi) is 8.77. The first kappa shape index (κ1) is 25.0. The average Bonchev–Trinajstić information content (AvgIpc) is 3.19. The SMILES string of the molecule is CCOC(=O)CC(NCc1ccc(SC(C)(C)C(=O)OC(C)(C)C)cc1)c1ccco1. The molecule has 1 heterocycles. The van der Waals surface area contributed by atoms with Gasteiger partial charge in [-0.05, 0) is 71.4 Å². The van der Waals surface area contributed by atoms with E-state index < -0.39 is 10.3 Å². The Hall–Kier alpha value is -2.25. The Balaban J connectivity index is 1.97. The summed E-state index contributed by atoms with van der Waals surface area (Å²) in [5.41, 5.74) is 0.540. The van der Waals surface area contributed by atoms with Crippen LogP contribution >= 0.6 is 11.8 Å². The van der Waals surface area contributed by atoms with Crippen LogP contribution in [0.4, 0.5) is 0 Å². The molecule has 1 unspecified atom stereocenters. The van der Waals surface area contributed by atoms with Crippen molar-refractivity contribution in [2.24, 2.45) is 0 Å². The zero-order valence-electron chi connectivity index (χ0n) is 19.2. The molecule has 0 bridgehead atoms. The maximum atomic E-state index is 12.5. The second-order valence-electron chi connectivity index (χ2n) is 8.72. The van der Waals surface area contributed by atoms with Gasteiger partial charge in [0, 0.05) is 11.4 Å². The van der Waals surface area contributed by atoms with E-state index in [0.717, 1.165) is 10.5 Å². The summed E-state index contributed by atoms with van der Waals surface area (Å²) in [4.78, 5) is 25.4. The fourth-order valence-corrected chi connectivity index (χ4v) is 3.79. The summed E-state index contributed by atoms with van der Waals surface area (Å²) < 4.78 is 15.4. The standard InChI is InChI=1S/C24H33NO5S/c1-7-28-21(26)15-19(20-9-8-14-29-20)25-16-17-10-12-18(13-11-17)31-24(5,6)22(27)30-23(2,3)4/h8-14,19,25H,7,15-16H2,1-6H3. The number of hydrogen-bond acceptors (Lipinski definition) is 7. The van der Waals surface area contributed by atoms with Crippen molar-refractivity contribution in [3.8, 4) is 0 Å². The molecule has 0 saturated carbocycles. The van der Waals surface area contributed by atoms with Crippen LogP contribution in [0, 0.1) is 0 Å². The molecule has 1 aromatic heterocycles. The summed E-state index contributed by atoms with van der Waals surface area (Å²) in [7, 11) is 0. The number of rotatable bonds is 10. The first-order valence-electron chi connectivity index (χ1n) is 10.4. The monoisotopic (exact) mass is 447 g/mol. The highest BCUT2D eigenvalue weighted by Gasteiger charge is 2.33. The summed E-state index contributed by atoms with van der Waals surface area (Å²) in [5.74, 6) is 0.183. The smallest absolute Gasteiger partial charge is 0.322 e. The number of nitrogens with one attached hydrogen (secondary N) is 1. The number of carbonyl (C=O) groups is 2. The zero-order chi connectivity index (χ0) is 23.1. The Morgan fingerprint density at radius 3 is 2.32 bits per heavy atom. The van der Waals surface area contributed by atoms with Crippen molar-refractivity contribution in [2.45, 2.75) is 75.8 Å². The van der Waals surface area contributed by atoms with Crippen LogP contribution in [0.25, 0.3) is 0 Å². The number of carbonyl (C=O) groups excluding carboxylic acids is 2. The second kappa shape index (κ2) is 10.9. The predicted molar refractivity (Wildman–Crippen MR) is 122 cm³/mol. The van der Waals surface area contributed by atoms with Gasteiger partial charge in [-0.1, -0.05) is 12.1 Å². The topological polar surface area (TPSA) is 77.8 Å². The Labute approximate surface area is 189 Å². The molecule has 1 N–H and O–H groups in total. The van der Waals surface area contributed by atoms with Crippen molar-refractivity contribution in [3.05, 3.63) is 54.0 Å². The summed E-state index contributed by atoms with van der Waals surface area (Å²) in [6.45, 7) is 12.0.